The molecule has 0 fully saturated rings. The molecule has 2 N–H and O–H groups in total. The van der Waals surface area contributed by atoms with Crippen molar-refractivity contribution in [2.24, 2.45) is 0 Å². The number of thiazole rings is 1. The number of carbonyl (C=O) groups is 2. The number of carboxylic acids is 1. The Morgan fingerprint density at radius 3 is 2.49 bits per heavy atom. The number of carbonyl (C=O) groups excluding carboxylic acids is 1. The van der Waals surface area contributed by atoms with E-state index in [9.17, 15) is 9.59 Å². The maximum absolute atomic E-state index is 12.7. The smallest absolute Gasteiger partial charge is 0.335 e. The van der Waals surface area contributed by atoms with Crippen molar-refractivity contribution in [1.82, 2.24) is 15.3 Å². The molecule has 0 aliphatic carbocycles. The minimum absolute atomic E-state index is 0.144. The van der Waals surface area contributed by atoms with E-state index in [0.29, 0.717) is 5.01 Å². The van der Waals surface area contributed by atoms with Crippen LogP contribution in [0.4, 0.5) is 0 Å². The number of rotatable bonds is 7. The highest BCUT2D eigenvalue weighted by Gasteiger charge is 2.15. The molecule has 0 aliphatic heterocycles. The van der Waals surface area contributed by atoms with E-state index in [-0.39, 0.29) is 24.4 Å². The molecule has 1 amide bonds. The Bertz CT molecular complexity index is 1520. The fourth-order valence-electron chi connectivity index (χ4n) is 3.91. The number of fused-ring (bicyclic) bond motifs is 1. The van der Waals surface area contributed by atoms with Crippen LogP contribution in [0.15, 0.2) is 91.3 Å². The third kappa shape index (κ3) is 5.10. The van der Waals surface area contributed by atoms with Gasteiger partial charge in [-0.25, -0.2) is 9.78 Å². The Kier molecular flexibility index (Phi) is 6.32. The topological polar surface area (TPSA) is 92.2 Å². The van der Waals surface area contributed by atoms with Crippen molar-refractivity contribution in [1.29, 1.82) is 0 Å². The molecule has 6 nitrogen and oxygen atoms in total. The van der Waals surface area contributed by atoms with Crippen molar-refractivity contribution in [3.8, 4) is 22.3 Å². The summed E-state index contributed by atoms with van der Waals surface area (Å²) in [6.45, 7) is 0.254. The van der Waals surface area contributed by atoms with Crippen LogP contribution in [0.1, 0.15) is 20.9 Å². The first-order valence-electron chi connectivity index (χ1n) is 11.0. The Labute approximate surface area is 205 Å². The second-order valence-electron chi connectivity index (χ2n) is 8.04. The van der Waals surface area contributed by atoms with E-state index < -0.39 is 5.97 Å². The minimum Gasteiger partial charge on any atom is -0.478 e. The van der Waals surface area contributed by atoms with Gasteiger partial charge < -0.3 is 10.4 Å². The van der Waals surface area contributed by atoms with Crippen molar-refractivity contribution in [3.05, 3.63) is 107 Å². The van der Waals surface area contributed by atoms with E-state index in [4.69, 9.17) is 10.1 Å². The number of amides is 1. The maximum atomic E-state index is 12.7. The Morgan fingerprint density at radius 2 is 1.71 bits per heavy atom. The van der Waals surface area contributed by atoms with Gasteiger partial charge in [-0.3, -0.25) is 9.78 Å². The summed E-state index contributed by atoms with van der Waals surface area (Å²) in [4.78, 5) is 32.9. The van der Waals surface area contributed by atoms with Crippen LogP contribution in [0.3, 0.4) is 0 Å². The van der Waals surface area contributed by atoms with Crippen LogP contribution in [0.2, 0.25) is 0 Å². The number of nitrogens with one attached hydrogen (secondary N) is 1. The fourth-order valence-corrected chi connectivity index (χ4v) is 4.94. The molecule has 0 radical (unpaired) electrons. The number of aromatic nitrogens is 2. The molecular weight excluding hydrogens is 458 g/mol. The molecule has 0 saturated carbocycles. The van der Waals surface area contributed by atoms with Crippen LogP contribution in [-0.2, 0) is 17.8 Å². The van der Waals surface area contributed by atoms with E-state index in [1.54, 1.807) is 24.4 Å². The maximum Gasteiger partial charge on any atom is 0.335 e. The van der Waals surface area contributed by atoms with Crippen LogP contribution < -0.4 is 5.32 Å². The first kappa shape index (κ1) is 22.4. The number of aromatic carboxylic acids is 1. The number of hydrogen-bond donors (Lipinski definition) is 2. The number of nitrogens with zero attached hydrogens (tertiary/aromatic N) is 2. The molecule has 0 atom stereocenters. The molecule has 2 aromatic heterocycles. The zero-order valence-electron chi connectivity index (χ0n) is 18.6. The van der Waals surface area contributed by atoms with Gasteiger partial charge in [0, 0.05) is 30.1 Å². The van der Waals surface area contributed by atoms with Gasteiger partial charge in [-0.1, -0.05) is 48.5 Å². The lowest BCUT2D eigenvalue weighted by Gasteiger charge is -2.07. The Balaban J connectivity index is 1.42. The predicted octanol–water partition coefficient (Wildman–Crippen LogP) is 5.58. The number of pyridine rings is 1. The monoisotopic (exact) mass is 479 g/mol. The van der Waals surface area contributed by atoms with E-state index in [1.165, 1.54) is 17.4 Å². The molecule has 0 unspecified atom stereocenters. The van der Waals surface area contributed by atoms with Gasteiger partial charge in [0.15, 0.2) is 0 Å². The lowest BCUT2D eigenvalue weighted by molar-refractivity contribution is -0.120. The second kappa shape index (κ2) is 9.87. The van der Waals surface area contributed by atoms with Gasteiger partial charge >= 0.3 is 5.97 Å². The van der Waals surface area contributed by atoms with Crippen molar-refractivity contribution in [2.75, 3.05) is 0 Å². The van der Waals surface area contributed by atoms with Crippen LogP contribution in [0, 0.1) is 0 Å². The molecule has 0 spiro atoms. The Morgan fingerprint density at radius 1 is 0.886 bits per heavy atom. The molecule has 35 heavy (non-hydrogen) atoms. The number of carboxylic acid groups (broad SMARTS) is 1. The highest BCUT2D eigenvalue weighted by Crippen LogP contribution is 2.36. The van der Waals surface area contributed by atoms with Gasteiger partial charge in [0.25, 0.3) is 0 Å². The third-order valence-corrected chi connectivity index (χ3v) is 6.60. The summed E-state index contributed by atoms with van der Waals surface area (Å²) in [6, 6.07) is 24.8. The lowest BCUT2D eigenvalue weighted by Crippen LogP contribution is -2.24. The van der Waals surface area contributed by atoms with Gasteiger partial charge in [0.2, 0.25) is 5.91 Å². The fraction of sp³-hybridized carbons (Fsp3) is 0.0714. The van der Waals surface area contributed by atoms with E-state index in [0.717, 1.165) is 38.0 Å². The quantitative estimate of drug-likeness (QED) is 0.318. The first-order chi connectivity index (χ1) is 17.1. The van der Waals surface area contributed by atoms with E-state index >= 15 is 0 Å². The third-order valence-electron chi connectivity index (χ3n) is 5.59. The second-order valence-corrected chi connectivity index (χ2v) is 9.16. The first-order valence-corrected chi connectivity index (χ1v) is 11.9. The van der Waals surface area contributed by atoms with Crippen LogP contribution >= 0.6 is 11.3 Å². The van der Waals surface area contributed by atoms with Gasteiger partial charge in [-0.15, -0.1) is 11.3 Å². The molecular formula is C28H21N3O3S. The normalized spacial score (nSPS) is 10.9. The van der Waals surface area contributed by atoms with Crippen LogP contribution in [0.25, 0.3) is 32.5 Å². The molecule has 5 rings (SSSR count). The minimum atomic E-state index is -0.994. The van der Waals surface area contributed by atoms with Crippen molar-refractivity contribution in [3.63, 3.8) is 0 Å². The van der Waals surface area contributed by atoms with E-state index in [2.05, 4.69) is 34.6 Å². The molecule has 172 valence electrons. The highest BCUT2D eigenvalue weighted by molar-refractivity contribution is 7.18. The predicted molar refractivity (Wildman–Crippen MR) is 137 cm³/mol. The van der Waals surface area contributed by atoms with Crippen molar-refractivity contribution < 1.29 is 14.7 Å². The summed E-state index contributed by atoms with van der Waals surface area (Å²) in [6.07, 6.45) is 3.70. The summed E-state index contributed by atoms with van der Waals surface area (Å²) in [5.41, 5.74) is 5.90. The number of hydrogen-bond acceptors (Lipinski definition) is 5. The molecule has 0 bridgehead atoms. The van der Waals surface area contributed by atoms with Crippen LogP contribution in [0.5, 0.6) is 0 Å². The lowest BCUT2D eigenvalue weighted by atomic mass is 9.99. The van der Waals surface area contributed by atoms with Crippen LogP contribution in [-0.4, -0.2) is 27.0 Å². The van der Waals surface area contributed by atoms with Crippen molar-refractivity contribution >= 4 is 33.4 Å². The molecule has 5 aromatic rings. The van der Waals surface area contributed by atoms with Crippen molar-refractivity contribution in [2.45, 2.75) is 13.0 Å². The molecule has 0 aliphatic rings. The summed E-state index contributed by atoms with van der Waals surface area (Å²) in [7, 11) is 0. The number of benzene rings is 3. The van der Waals surface area contributed by atoms with Gasteiger partial charge in [-0.2, -0.15) is 0 Å². The van der Waals surface area contributed by atoms with E-state index in [1.807, 2.05) is 36.5 Å². The zero-order valence-corrected chi connectivity index (χ0v) is 19.5. The van der Waals surface area contributed by atoms with Gasteiger partial charge in [0.05, 0.1) is 22.2 Å². The summed E-state index contributed by atoms with van der Waals surface area (Å²) in [5.74, 6) is -1.16. The highest BCUT2D eigenvalue weighted by atomic mass is 32.1. The largest absolute Gasteiger partial charge is 0.478 e. The summed E-state index contributed by atoms with van der Waals surface area (Å²) in [5, 5.41) is 12.7. The molecule has 3 aromatic carbocycles. The average molecular weight is 480 g/mol. The molecule has 7 heteroatoms. The average Bonchev–Trinajstić information content (AvgIpc) is 3.30. The Hall–Kier alpha value is -4.36. The summed E-state index contributed by atoms with van der Waals surface area (Å²) >= 11 is 1.50. The molecule has 2 heterocycles. The molecule has 0 saturated heterocycles. The van der Waals surface area contributed by atoms with Gasteiger partial charge in [0.1, 0.15) is 5.01 Å². The standard InChI is InChI=1S/C28H21N3O3S/c32-25(30-16-18-6-4-9-20(12-18)28(33)34)15-26-31-27-23(21-10-5-11-29-17-21)13-22(14-24(27)35-26)19-7-2-1-3-8-19/h1-14,17H,15-16H2,(H,30,32)(H,33,34). The zero-order chi connectivity index (χ0) is 24.2. The van der Waals surface area contributed by atoms with Gasteiger partial charge in [-0.05, 0) is 47.0 Å². The SMILES string of the molecule is O=C(Cc1nc2c(-c3cccnc3)cc(-c3ccccc3)cc2s1)NCc1cccc(C(=O)O)c1. The summed E-state index contributed by atoms with van der Waals surface area (Å²) < 4.78 is 1.00.